The number of morpholine rings is 1. The summed E-state index contributed by atoms with van der Waals surface area (Å²) in [5.74, 6) is 0.579. The smallest absolute Gasteiger partial charge is 0.317 e. The molecule has 2 unspecified atom stereocenters. The van der Waals surface area contributed by atoms with Crippen LogP contribution in [-0.2, 0) is 9.53 Å². The fraction of sp³-hybridized carbons (Fsp3) is 0.579. The van der Waals surface area contributed by atoms with Crippen LogP contribution in [0.5, 0.6) is 5.75 Å². The van der Waals surface area contributed by atoms with Crippen molar-refractivity contribution in [3.63, 3.8) is 0 Å². The van der Waals surface area contributed by atoms with Crippen molar-refractivity contribution < 1.29 is 19.1 Å². The third-order valence-electron chi connectivity index (χ3n) is 5.10. The van der Waals surface area contributed by atoms with E-state index in [9.17, 15) is 9.59 Å². The number of nitrogens with zero attached hydrogens (tertiary/aromatic N) is 2. The number of carbonyl (C=O) groups excluding carboxylic acids is 2. The average molecular weight is 361 g/mol. The van der Waals surface area contributed by atoms with Crippen molar-refractivity contribution in [3.8, 4) is 5.75 Å². The summed E-state index contributed by atoms with van der Waals surface area (Å²) >= 11 is 0. The van der Waals surface area contributed by atoms with E-state index in [0.29, 0.717) is 45.9 Å². The predicted octanol–water partition coefficient (Wildman–Crippen LogP) is 1.30. The van der Waals surface area contributed by atoms with E-state index in [1.54, 1.807) is 12.0 Å². The Labute approximate surface area is 154 Å². The van der Waals surface area contributed by atoms with Gasteiger partial charge in [-0.25, -0.2) is 4.79 Å². The fourth-order valence-corrected chi connectivity index (χ4v) is 3.71. The quantitative estimate of drug-likeness (QED) is 0.878. The number of methoxy groups -OCH3 is 1. The van der Waals surface area contributed by atoms with Gasteiger partial charge in [0.25, 0.3) is 0 Å². The predicted molar refractivity (Wildman–Crippen MR) is 97.3 cm³/mol. The van der Waals surface area contributed by atoms with Crippen LogP contribution in [0.4, 0.5) is 4.79 Å². The topological polar surface area (TPSA) is 71.1 Å². The van der Waals surface area contributed by atoms with Crippen molar-refractivity contribution in [2.45, 2.75) is 12.8 Å². The summed E-state index contributed by atoms with van der Waals surface area (Å²) in [6.07, 6.45) is 0. The van der Waals surface area contributed by atoms with Gasteiger partial charge in [-0.3, -0.25) is 4.79 Å². The third-order valence-corrected chi connectivity index (χ3v) is 5.10. The normalized spacial score (nSPS) is 23.0. The van der Waals surface area contributed by atoms with Crippen LogP contribution in [0.2, 0.25) is 0 Å². The molecular formula is C19H27N3O4. The second kappa shape index (κ2) is 8.40. The van der Waals surface area contributed by atoms with Gasteiger partial charge in [-0.15, -0.1) is 0 Å². The molecule has 3 amide bonds. The van der Waals surface area contributed by atoms with Crippen molar-refractivity contribution in [1.29, 1.82) is 0 Å². The van der Waals surface area contributed by atoms with Gasteiger partial charge in [0.2, 0.25) is 5.91 Å². The van der Waals surface area contributed by atoms with Crippen molar-refractivity contribution >= 4 is 11.9 Å². The minimum Gasteiger partial charge on any atom is -0.497 e. The number of urea groups is 1. The maximum Gasteiger partial charge on any atom is 0.317 e. The molecule has 1 aromatic rings. The van der Waals surface area contributed by atoms with E-state index < -0.39 is 0 Å². The summed E-state index contributed by atoms with van der Waals surface area (Å²) in [7, 11) is 1.63. The lowest BCUT2D eigenvalue weighted by molar-refractivity contribution is -0.139. The molecule has 2 aliphatic rings. The number of nitrogens with one attached hydrogen (secondary N) is 1. The number of rotatable bonds is 4. The Morgan fingerprint density at radius 3 is 2.69 bits per heavy atom. The Kier molecular flexibility index (Phi) is 5.98. The average Bonchev–Trinajstić information content (AvgIpc) is 3.14. The largest absolute Gasteiger partial charge is 0.497 e. The zero-order chi connectivity index (χ0) is 18.5. The SMILES string of the molecule is CCNC(=O)N1CC(C(=O)N2CCOCC2)C(c2cccc(OC)c2)C1. The molecule has 2 aliphatic heterocycles. The molecule has 1 N–H and O–H groups in total. The zero-order valence-corrected chi connectivity index (χ0v) is 15.4. The first-order chi connectivity index (χ1) is 12.6. The Morgan fingerprint density at radius 2 is 2.00 bits per heavy atom. The highest BCUT2D eigenvalue weighted by molar-refractivity contribution is 5.83. The van der Waals surface area contributed by atoms with E-state index in [0.717, 1.165) is 11.3 Å². The van der Waals surface area contributed by atoms with Gasteiger partial charge in [0.15, 0.2) is 0 Å². The highest BCUT2D eigenvalue weighted by Crippen LogP contribution is 2.35. The summed E-state index contributed by atoms with van der Waals surface area (Å²) in [6.45, 7) is 5.79. The maximum absolute atomic E-state index is 13.1. The number of carbonyl (C=O) groups is 2. The van der Waals surface area contributed by atoms with Crippen molar-refractivity contribution in [1.82, 2.24) is 15.1 Å². The van der Waals surface area contributed by atoms with Gasteiger partial charge in [0.05, 0.1) is 26.2 Å². The first-order valence-corrected chi connectivity index (χ1v) is 9.17. The Morgan fingerprint density at radius 1 is 1.23 bits per heavy atom. The second-order valence-electron chi connectivity index (χ2n) is 6.67. The van der Waals surface area contributed by atoms with Crippen LogP contribution in [0.15, 0.2) is 24.3 Å². The summed E-state index contributed by atoms with van der Waals surface area (Å²) in [6, 6.07) is 7.68. The zero-order valence-electron chi connectivity index (χ0n) is 15.4. The molecule has 0 radical (unpaired) electrons. The van der Waals surface area contributed by atoms with Crippen LogP contribution < -0.4 is 10.1 Å². The summed E-state index contributed by atoms with van der Waals surface area (Å²) in [4.78, 5) is 29.1. The maximum atomic E-state index is 13.1. The molecule has 2 heterocycles. The first kappa shape index (κ1) is 18.5. The molecule has 26 heavy (non-hydrogen) atoms. The molecule has 142 valence electrons. The number of hydrogen-bond donors (Lipinski definition) is 1. The summed E-state index contributed by atoms with van der Waals surface area (Å²) in [5.41, 5.74) is 1.03. The van der Waals surface area contributed by atoms with Gasteiger partial charge in [0, 0.05) is 38.6 Å². The van der Waals surface area contributed by atoms with E-state index in [4.69, 9.17) is 9.47 Å². The molecule has 7 nitrogen and oxygen atoms in total. The number of hydrogen-bond acceptors (Lipinski definition) is 4. The van der Waals surface area contributed by atoms with Crippen molar-refractivity contribution in [2.24, 2.45) is 5.92 Å². The molecule has 0 saturated carbocycles. The second-order valence-corrected chi connectivity index (χ2v) is 6.67. The summed E-state index contributed by atoms with van der Waals surface area (Å²) in [5, 5.41) is 2.84. The highest BCUT2D eigenvalue weighted by Gasteiger charge is 2.42. The molecule has 0 aliphatic carbocycles. The molecule has 2 atom stereocenters. The Hall–Kier alpha value is -2.28. The molecular weight excluding hydrogens is 334 g/mol. The van der Waals surface area contributed by atoms with Gasteiger partial charge in [-0.2, -0.15) is 0 Å². The van der Waals surface area contributed by atoms with Gasteiger partial charge in [-0.05, 0) is 24.6 Å². The van der Waals surface area contributed by atoms with Crippen LogP contribution in [0.3, 0.4) is 0 Å². The fourth-order valence-electron chi connectivity index (χ4n) is 3.71. The van der Waals surface area contributed by atoms with Crippen LogP contribution in [0, 0.1) is 5.92 Å². The molecule has 0 aromatic heterocycles. The van der Waals surface area contributed by atoms with Gasteiger partial charge in [-0.1, -0.05) is 12.1 Å². The van der Waals surface area contributed by atoms with Crippen LogP contribution >= 0.6 is 0 Å². The standard InChI is InChI=1S/C19H27N3O4/c1-3-20-19(24)22-12-16(14-5-4-6-15(11-14)25-2)17(13-22)18(23)21-7-9-26-10-8-21/h4-6,11,16-17H,3,7-10,12-13H2,1-2H3,(H,20,24). The van der Waals surface area contributed by atoms with E-state index >= 15 is 0 Å². The van der Waals surface area contributed by atoms with Crippen LogP contribution in [0.25, 0.3) is 0 Å². The van der Waals surface area contributed by atoms with E-state index in [1.165, 1.54) is 0 Å². The number of likely N-dealkylation sites (tertiary alicyclic amines) is 1. The van der Waals surface area contributed by atoms with Crippen LogP contribution in [0.1, 0.15) is 18.4 Å². The third kappa shape index (κ3) is 3.93. The van der Waals surface area contributed by atoms with E-state index in [-0.39, 0.29) is 23.8 Å². The Balaban J connectivity index is 1.84. The van der Waals surface area contributed by atoms with Crippen LogP contribution in [-0.4, -0.2) is 74.8 Å². The monoisotopic (exact) mass is 361 g/mol. The molecule has 3 rings (SSSR count). The highest BCUT2D eigenvalue weighted by atomic mass is 16.5. The minimum atomic E-state index is -0.247. The molecule has 1 aromatic carbocycles. The molecule has 0 bridgehead atoms. The number of benzene rings is 1. The Bertz CT molecular complexity index is 645. The first-order valence-electron chi connectivity index (χ1n) is 9.17. The van der Waals surface area contributed by atoms with E-state index in [1.807, 2.05) is 36.1 Å². The summed E-state index contributed by atoms with van der Waals surface area (Å²) < 4.78 is 10.7. The lowest BCUT2D eigenvalue weighted by Gasteiger charge is -2.30. The minimum absolute atomic E-state index is 0.0388. The van der Waals surface area contributed by atoms with Gasteiger partial charge < -0.3 is 24.6 Å². The lowest BCUT2D eigenvalue weighted by atomic mass is 9.87. The molecule has 7 heteroatoms. The lowest BCUT2D eigenvalue weighted by Crippen LogP contribution is -2.45. The van der Waals surface area contributed by atoms with Gasteiger partial charge in [0.1, 0.15) is 5.75 Å². The molecule has 2 fully saturated rings. The van der Waals surface area contributed by atoms with Crippen molar-refractivity contribution in [2.75, 3.05) is 53.0 Å². The van der Waals surface area contributed by atoms with E-state index in [2.05, 4.69) is 5.32 Å². The number of amides is 3. The molecule has 2 saturated heterocycles. The van der Waals surface area contributed by atoms with Gasteiger partial charge >= 0.3 is 6.03 Å². The number of ether oxygens (including phenoxy) is 2. The molecule has 0 spiro atoms. The van der Waals surface area contributed by atoms with Crippen molar-refractivity contribution in [3.05, 3.63) is 29.8 Å².